The quantitative estimate of drug-likeness (QED) is 0.679. The average molecular weight is 406 g/mol. The maximum absolute atomic E-state index is 12.9. The molecule has 1 aliphatic heterocycles. The maximum Gasteiger partial charge on any atom is 0.255 e. The Morgan fingerprint density at radius 1 is 1.07 bits per heavy atom. The van der Waals surface area contributed by atoms with E-state index in [4.69, 9.17) is 4.42 Å². The molecule has 0 radical (unpaired) electrons. The molecule has 1 aliphatic rings. The van der Waals surface area contributed by atoms with E-state index >= 15 is 0 Å². The number of aromatic nitrogens is 2. The summed E-state index contributed by atoms with van der Waals surface area (Å²) in [6.45, 7) is 3.78. The molecule has 156 valence electrons. The molecule has 1 N–H and O–H groups in total. The van der Waals surface area contributed by atoms with Gasteiger partial charge in [0.1, 0.15) is 11.5 Å². The Hall–Kier alpha value is -3.35. The first kappa shape index (κ1) is 19.9. The van der Waals surface area contributed by atoms with Crippen molar-refractivity contribution in [2.75, 3.05) is 19.6 Å². The minimum atomic E-state index is -0.271. The molecule has 0 saturated carbocycles. The minimum Gasteiger partial charge on any atom is -0.460 e. The fraction of sp³-hybridized carbons (Fsp3) is 0.348. The average Bonchev–Trinajstić information content (AvgIpc) is 3.41. The summed E-state index contributed by atoms with van der Waals surface area (Å²) in [4.78, 5) is 27.1. The van der Waals surface area contributed by atoms with E-state index in [0.29, 0.717) is 30.0 Å². The lowest BCUT2D eigenvalue weighted by Crippen LogP contribution is -2.37. The van der Waals surface area contributed by atoms with Gasteiger partial charge in [0.25, 0.3) is 5.91 Å². The zero-order chi connectivity index (χ0) is 20.9. The van der Waals surface area contributed by atoms with Crippen LogP contribution in [-0.4, -0.2) is 46.1 Å². The smallest absolute Gasteiger partial charge is 0.255 e. The first-order valence-electron chi connectivity index (χ1n) is 10.4. The number of likely N-dealkylation sites (tertiary alicyclic amines) is 1. The van der Waals surface area contributed by atoms with Gasteiger partial charge in [-0.3, -0.25) is 9.59 Å². The molecule has 7 nitrogen and oxygen atoms in total. The van der Waals surface area contributed by atoms with Gasteiger partial charge in [0.05, 0.1) is 11.3 Å². The van der Waals surface area contributed by atoms with Gasteiger partial charge in [-0.25, -0.2) is 4.68 Å². The Morgan fingerprint density at radius 2 is 1.83 bits per heavy atom. The highest BCUT2D eigenvalue weighted by molar-refractivity contribution is 5.99. The van der Waals surface area contributed by atoms with Gasteiger partial charge < -0.3 is 14.6 Å². The van der Waals surface area contributed by atoms with Gasteiger partial charge >= 0.3 is 0 Å². The largest absolute Gasteiger partial charge is 0.460 e. The van der Waals surface area contributed by atoms with Gasteiger partial charge in [-0.05, 0) is 50.5 Å². The normalized spacial score (nSPS) is 14.0. The number of nitrogens with one attached hydrogen (secondary N) is 1. The standard InChI is InChI=1S/C23H26N4O3/c1-17-10-11-20(30-17)22-19(16-27(25-22)18-8-4-2-5-9-18)23(29)24-13-12-21(28)26-14-6-3-7-15-26/h2,4-5,8-11,16H,3,6-7,12-15H2,1H3,(H,24,29). The molecule has 1 fully saturated rings. The number of benzene rings is 1. The highest BCUT2D eigenvalue weighted by atomic mass is 16.3. The SMILES string of the molecule is Cc1ccc(-c2nn(-c3ccccc3)cc2C(=O)NCCC(=O)N2CCCCC2)o1. The van der Waals surface area contributed by atoms with Gasteiger partial charge in [0.15, 0.2) is 5.76 Å². The van der Waals surface area contributed by atoms with E-state index in [-0.39, 0.29) is 11.8 Å². The van der Waals surface area contributed by atoms with Crippen LogP contribution in [0.15, 0.2) is 53.1 Å². The lowest BCUT2D eigenvalue weighted by Gasteiger charge is -2.26. The van der Waals surface area contributed by atoms with Crippen LogP contribution in [0.25, 0.3) is 17.1 Å². The number of carbonyl (C=O) groups is 2. The first-order valence-corrected chi connectivity index (χ1v) is 10.4. The van der Waals surface area contributed by atoms with Crippen LogP contribution in [0.2, 0.25) is 0 Å². The second-order valence-electron chi connectivity index (χ2n) is 7.53. The molecule has 0 atom stereocenters. The third-order valence-corrected chi connectivity index (χ3v) is 5.29. The summed E-state index contributed by atoms with van der Waals surface area (Å²) in [7, 11) is 0. The molecule has 0 aliphatic carbocycles. The minimum absolute atomic E-state index is 0.0943. The highest BCUT2D eigenvalue weighted by Crippen LogP contribution is 2.25. The molecule has 0 unspecified atom stereocenters. The number of para-hydroxylation sites is 1. The fourth-order valence-electron chi connectivity index (χ4n) is 3.68. The number of furan rings is 1. The number of aryl methyl sites for hydroxylation is 1. The van der Waals surface area contributed by atoms with E-state index in [1.54, 1.807) is 10.9 Å². The molecule has 2 aromatic heterocycles. The number of hydrogen-bond acceptors (Lipinski definition) is 4. The number of amides is 2. The van der Waals surface area contributed by atoms with E-state index in [1.807, 2.05) is 54.3 Å². The van der Waals surface area contributed by atoms with Crippen LogP contribution in [0, 0.1) is 6.92 Å². The number of rotatable bonds is 6. The number of piperidine rings is 1. The Bertz CT molecular complexity index is 1020. The zero-order valence-electron chi connectivity index (χ0n) is 17.1. The van der Waals surface area contributed by atoms with E-state index in [9.17, 15) is 9.59 Å². The van der Waals surface area contributed by atoms with Gasteiger partial charge in [0.2, 0.25) is 5.91 Å². The molecule has 0 spiro atoms. The molecule has 3 aromatic rings. The monoisotopic (exact) mass is 406 g/mol. The Labute approximate surface area is 175 Å². The van der Waals surface area contributed by atoms with Crippen molar-refractivity contribution in [3.63, 3.8) is 0 Å². The second-order valence-corrected chi connectivity index (χ2v) is 7.53. The summed E-state index contributed by atoms with van der Waals surface area (Å²) in [6, 6.07) is 13.3. The van der Waals surface area contributed by atoms with Crippen LogP contribution in [0.5, 0.6) is 0 Å². The molecule has 4 rings (SSSR count). The van der Waals surface area contributed by atoms with Crippen molar-refractivity contribution >= 4 is 11.8 Å². The number of nitrogens with zero attached hydrogens (tertiary/aromatic N) is 3. The number of carbonyl (C=O) groups excluding carboxylic acids is 2. The fourth-order valence-corrected chi connectivity index (χ4v) is 3.68. The van der Waals surface area contributed by atoms with E-state index in [1.165, 1.54) is 6.42 Å². The lowest BCUT2D eigenvalue weighted by molar-refractivity contribution is -0.131. The van der Waals surface area contributed by atoms with Gasteiger partial charge in [0, 0.05) is 32.3 Å². The number of hydrogen-bond donors (Lipinski definition) is 1. The molecule has 2 amide bonds. The third-order valence-electron chi connectivity index (χ3n) is 5.29. The van der Waals surface area contributed by atoms with Crippen LogP contribution >= 0.6 is 0 Å². The van der Waals surface area contributed by atoms with Crippen molar-refractivity contribution in [1.29, 1.82) is 0 Å². The third kappa shape index (κ3) is 4.45. The first-order chi connectivity index (χ1) is 14.6. The zero-order valence-corrected chi connectivity index (χ0v) is 17.1. The lowest BCUT2D eigenvalue weighted by atomic mass is 10.1. The van der Waals surface area contributed by atoms with Crippen LogP contribution in [0.4, 0.5) is 0 Å². The van der Waals surface area contributed by atoms with Gasteiger partial charge in [-0.2, -0.15) is 5.10 Å². The van der Waals surface area contributed by atoms with Gasteiger partial charge in [-0.1, -0.05) is 18.2 Å². The van der Waals surface area contributed by atoms with Crippen molar-refractivity contribution in [2.24, 2.45) is 0 Å². The molecule has 7 heteroatoms. The Kier molecular flexibility index (Phi) is 5.97. The van der Waals surface area contributed by atoms with Crippen molar-refractivity contribution in [1.82, 2.24) is 20.0 Å². The molecule has 3 heterocycles. The molecule has 30 heavy (non-hydrogen) atoms. The van der Waals surface area contributed by atoms with Crippen molar-refractivity contribution in [2.45, 2.75) is 32.6 Å². The van der Waals surface area contributed by atoms with E-state index < -0.39 is 0 Å². The molecule has 0 bridgehead atoms. The maximum atomic E-state index is 12.9. The summed E-state index contributed by atoms with van der Waals surface area (Å²) in [5.74, 6) is 1.11. The van der Waals surface area contributed by atoms with Crippen molar-refractivity contribution < 1.29 is 14.0 Å². The van der Waals surface area contributed by atoms with Crippen molar-refractivity contribution in [3.05, 3.63) is 60.0 Å². The predicted molar refractivity (Wildman–Crippen MR) is 113 cm³/mol. The molecule has 1 saturated heterocycles. The van der Waals surface area contributed by atoms with Crippen LogP contribution in [0.1, 0.15) is 41.8 Å². The van der Waals surface area contributed by atoms with E-state index in [0.717, 1.165) is 37.4 Å². The second kappa shape index (κ2) is 8.98. The Balaban J connectivity index is 1.49. The molecule has 1 aromatic carbocycles. The van der Waals surface area contributed by atoms with E-state index in [2.05, 4.69) is 10.4 Å². The molecular weight excluding hydrogens is 380 g/mol. The van der Waals surface area contributed by atoms with Crippen molar-refractivity contribution in [3.8, 4) is 17.1 Å². The Morgan fingerprint density at radius 3 is 2.53 bits per heavy atom. The van der Waals surface area contributed by atoms with Gasteiger partial charge in [-0.15, -0.1) is 0 Å². The molecular formula is C23H26N4O3. The summed E-state index contributed by atoms with van der Waals surface area (Å²) in [5.41, 5.74) is 1.74. The summed E-state index contributed by atoms with van der Waals surface area (Å²) < 4.78 is 7.38. The summed E-state index contributed by atoms with van der Waals surface area (Å²) in [6.07, 6.45) is 5.30. The predicted octanol–water partition coefficient (Wildman–Crippen LogP) is 3.57. The van der Waals surface area contributed by atoms with Crippen LogP contribution in [0.3, 0.4) is 0 Å². The van der Waals surface area contributed by atoms with Crippen LogP contribution < -0.4 is 5.32 Å². The highest BCUT2D eigenvalue weighted by Gasteiger charge is 2.22. The topological polar surface area (TPSA) is 80.4 Å². The summed E-state index contributed by atoms with van der Waals surface area (Å²) >= 11 is 0. The van der Waals surface area contributed by atoms with Crippen LogP contribution in [-0.2, 0) is 4.79 Å². The summed E-state index contributed by atoms with van der Waals surface area (Å²) in [5, 5.41) is 7.46.